The van der Waals surface area contributed by atoms with Gasteiger partial charge in [-0.25, -0.2) is 15.0 Å². The average Bonchev–Trinajstić information content (AvgIpc) is 3.24. The van der Waals surface area contributed by atoms with E-state index in [0.29, 0.717) is 17.6 Å². The van der Waals surface area contributed by atoms with Crippen molar-refractivity contribution >= 4 is 22.8 Å². The Morgan fingerprint density at radius 3 is 2.53 bits per heavy atom. The molecule has 0 aliphatic rings. The van der Waals surface area contributed by atoms with Gasteiger partial charge in [0.2, 0.25) is 5.88 Å². The summed E-state index contributed by atoms with van der Waals surface area (Å²) in [5, 5.41) is 3.25. The van der Waals surface area contributed by atoms with Gasteiger partial charge in [0.05, 0.1) is 11.3 Å². The molecule has 0 spiro atoms. The van der Waals surface area contributed by atoms with Crippen LogP contribution in [0.15, 0.2) is 71.7 Å². The number of oxazole rings is 1. The monoisotopic (exact) mass is 423 g/mol. The van der Waals surface area contributed by atoms with Gasteiger partial charge in [0.1, 0.15) is 17.6 Å². The zero-order chi connectivity index (χ0) is 22.1. The number of pyridine rings is 1. The minimum Gasteiger partial charge on any atom is -0.438 e. The van der Waals surface area contributed by atoms with Crippen molar-refractivity contribution in [3.8, 4) is 22.9 Å². The van der Waals surface area contributed by atoms with Crippen molar-refractivity contribution in [1.29, 1.82) is 0 Å². The first kappa shape index (κ1) is 19.7. The third-order valence-corrected chi connectivity index (χ3v) is 5.20. The van der Waals surface area contributed by atoms with Crippen LogP contribution in [-0.2, 0) is 0 Å². The molecule has 0 saturated heterocycles. The number of rotatable bonds is 5. The molecule has 0 fully saturated rings. The molecule has 0 aliphatic carbocycles. The van der Waals surface area contributed by atoms with Gasteiger partial charge in [-0.3, -0.25) is 0 Å². The van der Waals surface area contributed by atoms with Gasteiger partial charge >= 0.3 is 0 Å². The lowest BCUT2D eigenvalue weighted by atomic mass is 10.1. The summed E-state index contributed by atoms with van der Waals surface area (Å²) in [5.41, 5.74) is 7.16. The van der Waals surface area contributed by atoms with E-state index in [1.54, 1.807) is 12.4 Å². The Balaban J connectivity index is 1.40. The molecule has 3 aromatic heterocycles. The third-order valence-electron chi connectivity index (χ3n) is 5.20. The topological polar surface area (TPSA) is 86.0 Å². The SMILES string of the molecule is Cc1cc(Nc2nc3c(C)ccc(C)c3o2)ccc1Oc1ncccc1-c1ccncn1. The first-order valence-electron chi connectivity index (χ1n) is 10.2. The minimum absolute atomic E-state index is 0.459. The summed E-state index contributed by atoms with van der Waals surface area (Å²) in [5.74, 6) is 1.19. The Hall–Kier alpha value is -4.26. The maximum Gasteiger partial charge on any atom is 0.300 e. The van der Waals surface area contributed by atoms with Gasteiger partial charge in [-0.1, -0.05) is 12.1 Å². The van der Waals surface area contributed by atoms with Crippen LogP contribution in [0.3, 0.4) is 0 Å². The molecule has 3 heterocycles. The highest BCUT2D eigenvalue weighted by Gasteiger charge is 2.13. The number of aryl methyl sites for hydroxylation is 3. The van der Waals surface area contributed by atoms with Gasteiger partial charge in [-0.15, -0.1) is 0 Å². The number of nitrogens with one attached hydrogen (secondary N) is 1. The summed E-state index contributed by atoms with van der Waals surface area (Å²) in [7, 11) is 0. The normalized spacial score (nSPS) is 11.0. The summed E-state index contributed by atoms with van der Waals surface area (Å²) in [6.45, 7) is 6.02. The molecule has 0 radical (unpaired) electrons. The van der Waals surface area contributed by atoms with E-state index in [4.69, 9.17) is 9.15 Å². The zero-order valence-corrected chi connectivity index (χ0v) is 18.0. The maximum atomic E-state index is 6.14. The number of hydrogen-bond donors (Lipinski definition) is 1. The lowest BCUT2D eigenvalue weighted by Gasteiger charge is -2.12. The molecule has 2 aromatic carbocycles. The van der Waals surface area contributed by atoms with Gasteiger partial charge in [0, 0.05) is 18.1 Å². The van der Waals surface area contributed by atoms with Crippen molar-refractivity contribution in [2.24, 2.45) is 0 Å². The lowest BCUT2D eigenvalue weighted by molar-refractivity contribution is 0.461. The highest BCUT2D eigenvalue weighted by atomic mass is 16.5. The Morgan fingerprint density at radius 2 is 1.75 bits per heavy atom. The van der Waals surface area contributed by atoms with Crippen LogP contribution in [0, 0.1) is 20.8 Å². The van der Waals surface area contributed by atoms with Crippen LogP contribution in [0.5, 0.6) is 11.6 Å². The standard InChI is InChI=1S/C25H21N5O2/c1-15-6-7-16(2)23-22(15)30-25(32-23)29-18-8-9-21(17(3)13-18)31-24-19(5-4-11-27-24)20-10-12-26-14-28-20/h4-14H,1-3H3,(H,29,30). The smallest absolute Gasteiger partial charge is 0.300 e. The van der Waals surface area contributed by atoms with Crippen LogP contribution in [0.4, 0.5) is 11.7 Å². The van der Waals surface area contributed by atoms with E-state index in [1.807, 2.05) is 69.3 Å². The van der Waals surface area contributed by atoms with Crippen molar-refractivity contribution in [1.82, 2.24) is 19.9 Å². The molecule has 7 nitrogen and oxygen atoms in total. The van der Waals surface area contributed by atoms with Crippen LogP contribution in [0.25, 0.3) is 22.4 Å². The largest absolute Gasteiger partial charge is 0.438 e. The van der Waals surface area contributed by atoms with Crippen LogP contribution in [-0.4, -0.2) is 19.9 Å². The summed E-state index contributed by atoms with van der Waals surface area (Å²) in [4.78, 5) is 17.3. The van der Waals surface area contributed by atoms with Crippen LogP contribution >= 0.6 is 0 Å². The maximum absolute atomic E-state index is 6.14. The second-order valence-corrected chi connectivity index (χ2v) is 7.55. The molecule has 0 amide bonds. The molecule has 0 bridgehead atoms. The predicted octanol–water partition coefficient (Wildman–Crippen LogP) is 6.14. The molecule has 7 heteroatoms. The fourth-order valence-corrected chi connectivity index (χ4v) is 3.50. The van der Waals surface area contributed by atoms with E-state index in [0.717, 1.165) is 44.7 Å². The second-order valence-electron chi connectivity index (χ2n) is 7.55. The first-order chi connectivity index (χ1) is 15.6. The average molecular weight is 423 g/mol. The molecular weight excluding hydrogens is 402 g/mol. The van der Waals surface area contributed by atoms with E-state index in [9.17, 15) is 0 Å². The molecule has 0 atom stereocenters. The zero-order valence-electron chi connectivity index (χ0n) is 18.0. The van der Waals surface area contributed by atoms with Crippen LogP contribution in [0.1, 0.15) is 16.7 Å². The number of fused-ring (bicyclic) bond motifs is 1. The highest BCUT2D eigenvalue weighted by Crippen LogP contribution is 2.33. The van der Waals surface area contributed by atoms with E-state index < -0.39 is 0 Å². The Morgan fingerprint density at radius 1 is 0.875 bits per heavy atom. The van der Waals surface area contributed by atoms with Gasteiger partial charge in [0.15, 0.2) is 5.58 Å². The molecule has 5 rings (SSSR count). The van der Waals surface area contributed by atoms with Crippen molar-refractivity contribution in [2.75, 3.05) is 5.32 Å². The van der Waals surface area contributed by atoms with Gasteiger partial charge in [-0.05, 0) is 73.9 Å². The van der Waals surface area contributed by atoms with Crippen LogP contribution < -0.4 is 10.1 Å². The van der Waals surface area contributed by atoms with E-state index in [-0.39, 0.29) is 0 Å². The van der Waals surface area contributed by atoms with Gasteiger partial charge in [-0.2, -0.15) is 4.98 Å². The third kappa shape index (κ3) is 3.76. The van der Waals surface area contributed by atoms with Gasteiger partial charge in [0.25, 0.3) is 6.01 Å². The molecule has 0 unspecified atom stereocenters. The number of hydrogen-bond acceptors (Lipinski definition) is 7. The molecule has 5 aromatic rings. The Labute approximate surface area is 185 Å². The Kier molecular flexibility index (Phi) is 4.99. The second kappa shape index (κ2) is 8.11. The van der Waals surface area contributed by atoms with E-state index >= 15 is 0 Å². The summed E-state index contributed by atoms with van der Waals surface area (Å²) in [6, 6.07) is 16.0. The minimum atomic E-state index is 0.459. The van der Waals surface area contributed by atoms with E-state index in [1.165, 1.54) is 6.33 Å². The molecule has 32 heavy (non-hydrogen) atoms. The number of ether oxygens (including phenoxy) is 1. The van der Waals surface area contributed by atoms with Crippen molar-refractivity contribution in [3.63, 3.8) is 0 Å². The van der Waals surface area contributed by atoms with Crippen molar-refractivity contribution in [3.05, 3.63) is 83.9 Å². The van der Waals surface area contributed by atoms with Gasteiger partial charge < -0.3 is 14.5 Å². The molecule has 158 valence electrons. The lowest BCUT2D eigenvalue weighted by Crippen LogP contribution is -1.96. The fourth-order valence-electron chi connectivity index (χ4n) is 3.50. The number of nitrogens with zero attached hydrogens (tertiary/aromatic N) is 4. The van der Waals surface area contributed by atoms with E-state index in [2.05, 4.69) is 25.3 Å². The summed E-state index contributed by atoms with van der Waals surface area (Å²) >= 11 is 0. The fraction of sp³-hybridized carbons (Fsp3) is 0.120. The molecular formula is C25H21N5O2. The van der Waals surface area contributed by atoms with Crippen molar-refractivity contribution < 1.29 is 9.15 Å². The van der Waals surface area contributed by atoms with Crippen molar-refractivity contribution in [2.45, 2.75) is 20.8 Å². The molecule has 0 aliphatic heterocycles. The Bertz CT molecular complexity index is 1370. The number of anilines is 2. The highest BCUT2D eigenvalue weighted by molar-refractivity contribution is 5.81. The molecule has 1 N–H and O–H groups in total. The quantitative estimate of drug-likeness (QED) is 0.363. The summed E-state index contributed by atoms with van der Waals surface area (Å²) in [6.07, 6.45) is 4.90. The van der Waals surface area contributed by atoms with Crippen LogP contribution in [0.2, 0.25) is 0 Å². The molecule has 0 saturated carbocycles. The first-order valence-corrected chi connectivity index (χ1v) is 10.2. The summed E-state index contributed by atoms with van der Waals surface area (Å²) < 4.78 is 12.1. The predicted molar refractivity (Wildman–Crippen MR) is 123 cm³/mol. The number of benzene rings is 2. The number of aromatic nitrogens is 4.